The van der Waals surface area contributed by atoms with Gasteiger partial charge in [0.2, 0.25) is 5.91 Å². The molecule has 2 N–H and O–H groups in total. The molecule has 7 nitrogen and oxygen atoms in total. The Hall–Kier alpha value is -3.61. The highest BCUT2D eigenvalue weighted by molar-refractivity contribution is 5.93. The topological polar surface area (TPSA) is 95.9 Å². The van der Waals surface area contributed by atoms with E-state index in [0.717, 1.165) is 11.1 Å². The number of carbonyl (C=O) groups is 3. The molecule has 2 aliphatic rings. The van der Waals surface area contributed by atoms with Crippen molar-refractivity contribution in [1.82, 2.24) is 10.2 Å². The van der Waals surface area contributed by atoms with Crippen LogP contribution in [0.2, 0.25) is 0 Å². The molecule has 7 heteroatoms. The molecule has 0 saturated carbocycles. The number of fused-ring (bicyclic) bond motifs is 3. The van der Waals surface area contributed by atoms with E-state index in [1.165, 1.54) is 11.1 Å². The lowest BCUT2D eigenvalue weighted by molar-refractivity contribution is -0.144. The molecule has 4 rings (SSSR count). The molecule has 0 aromatic heterocycles. The van der Waals surface area contributed by atoms with Crippen molar-refractivity contribution in [1.29, 1.82) is 0 Å². The number of ether oxygens (including phenoxy) is 1. The quantitative estimate of drug-likeness (QED) is 0.632. The van der Waals surface area contributed by atoms with Crippen LogP contribution in [-0.4, -0.2) is 54.2 Å². The van der Waals surface area contributed by atoms with Crippen LogP contribution in [0.5, 0.6) is 0 Å². The first-order chi connectivity index (χ1) is 16.2. The van der Waals surface area contributed by atoms with Gasteiger partial charge in [0.25, 0.3) is 0 Å². The van der Waals surface area contributed by atoms with E-state index in [4.69, 9.17) is 4.74 Å². The van der Waals surface area contributed by atoms with Crippen molar-refractivity contribution >= 4 is 18.0 Å². The van der Waals surface area contributed by atoms with Crippen molar-refractivity contribution in [2.24, 2.45) is 11.3 Å². The smallest absolute Gasteiger partial charge is 0.407 e. The highest BCUT2D eigenvalue weighted by atomic mass is 16.5. The average molecular weight is 463 g/mol. The van der Waals surface area contributed by atoms with Crippen LogP contribution in [0.15, 0.2) is 60.2 Å². The number of rotatable bonds is 6. The SMILES string of the molecule is C/C(=C\CNC(=O)OCC1c2ccccc2-c2ccccc21)C(=O)N1CC(C(=O)O)C(C)(C)C1. The van der Waals surface area contributed by atoms with E-state index in [1.807, 2.05) is 38.1 Å². The first-order valence-electron chi connectivity index (χ1n) is 11.5. The summed E-state index contributed by atoms with van der Waals surface area (Å²) in [6.07, 6.45) is 1.08. The molecule has 1 atom stereocenters. The second kappa shape index (κ2) is 9.33. The fourth-order valence-electron chi connectivity index (χ4n) is 4.97. The minimum absolute atomic E-state index is 0.0160. The number of amides is 2. The fraction of sp³-hybridized carbons (Fsp3) is 0.370. The van der Waals surface area contributed by atoms with Crippen molar-refractivity contribution in [3.05, 3.63) is 71.3 Å². The molecule has 1 aliphatic heterocycles. The second-order valence-electron chi connectivity index (χ2n) is 9.66. The summed E-state index contributed by atoms with van der Waals surface area (Å²) in [6, 6.07) is 16.3. The van der Waals surface area contributed by atoms with Gasteiger partial charge in [-0.25, -0.2) is 4.79 Å². The van der Waals surface area contributed by atoms with Crippen LogP contribution in [0.4, 0.5) is 4.79 Å². The van der Waals surface area contributed by atoms with Gasteiger partial charge in [0.1, 0.15) is 6.61 Å². The molecule has 2 amide bonds. The lowest BCUT2D eigenvalue weighted by Crippen LogP contribution is -2.31. The van der Waals surface area contributed by atoms with Crippen molar-refractivity contribution in [2.75, 3.05) is 26.2 Å². The predicted octanol–water partition coefficient (Wildman–Crippen LogP) is 4.04. The van der Waals surface area contributed by atoms with Crippen LogP contribution in [0, 0.1) is 11.3 Å². The van der Waals surface area contributed by atoms with E-state index < -0.39 is 23.4 Å². The van der Waals surface area contributed by atoms with Crippen LogP contribution in [-0.2, 0) is 14.3 Å². The lowest BCUT2D eigenvalue weighted by Gasteiger charge is -2.22. The molecule has 1 fully saturated rings. The number of carboxylic acid groups (broad SMARTS) is 1. The maximum Gasteiger partial charge on any atom is 0.407 e. The zero-order valence-corrected chi connectivity index (χ0v) is 19.7. The molecule has 1 heterocycles. The fourth-order valence-corrected chi connectivity index (χ4v) is 4.97. The third kappa shape index (κ3) is 4.55. The molecular weight excluding hydrogens is 432 g/mol. The average Bonchev–Trinajstić information content (AvgIpc) is 3.31. The van der Waals surface area contributed by atoms with E-state index >= 15 is 0 Å². The summed E-state index contributed by atoms with van der Waals surface area (Å²) in [5.41, 5.74) is 4.60. The second-order valence-corrected chi connectivity index (χ2v) is 9.66. The van der Waals surface area contributed by atoms with Gasteiger partial charge in [-0.15, -0.1) is 0 Å². The molecule has 1 saturated heterocycles. The largest absolute Gasteiger partial charge is 0.481 e. The van der Waals surface area contributed by atoms with E-state index in [2.05, 4.69) is 29.6 Å². The van der Waals surface area contributed by atoms with E-state index in [9.17, 15) is 19.5 Å². The van der Waals surface area contributed by atoms with Gasteiger partial charge in [-0.3, -0.25) is 9.59 Å². The van der Waals surface area contributed by atoms with E-state index in [-0.39, 0.29) is 31.5 Å². The molecule has 34 heavy (non-hydrogen) atoms. The number of hydrogen-bond acceptors (Lipinski definition) is 4. The normalized spacial score (nSPS) is 18.9. The number of aliphatic carboxylic acids is 1. The number of likely N-dealkylation sites (tertiary alicyclic amines) is 1. The Bertz CT molecular complexity index is 1110. The zero-order chi connectivity index (χ0) is 24.5. The van der Waals surface area contributed by atoms with Gasteiger partial charge < -0.3 is 20.1 Å². The summed E-state index contributed by atoms with van der Waals surface area (Å²) in [5, 5.41) is 12.1. The van der Waals surface area contributed by atoms with Crippen LogP contribution in [0.3, 0.4) is 0 Å². The maximum absolute atomic E-state index is 12.7. The molecular formula is C27H30N2O5. The van der Waals surface area contributed by atoms with E-state index in [0.29, 0.717) is 12.1 Å². The summed E-state index contributed by atoms with van der Waals surface area (Å²) < 4.78 is 5.51. The minimum atomic E-state index is -0.890. The monoisotopic (exact) mass is 462 g/mol. The van der Waals surface area contributed by atoms with E-state index in [1.54, 1.807) is 17.9 Å². The Morgan fingerprint density at radius 2 is 1.68 bits per heavy atom. The minimum Gasteiger partial charge on any atom is -0.481 e. The number of alkyl carbamates (subject to hydrolysis) is 1. The number of hydrogen-bond donors (Lipinski definition) is 2. The standard InChI is InChI=1S/C27H30N2O5/c1-17(24(30)29-14-23(25(31)32)27(2,3)16-29)12-13-28-26(33)34-15-22-20-10-6-4-8-18(20)19-9-5-7-11-21(19)22/h4-12,22-23H,13-16H2,1-3H3,(H,28,33)(H,31,32)/b17-12+. The van der Waals surface area contributed by atoms with Crippen LogP contribution < -0.4 is 5.32 Å². The molecule has 0 spiro atoms. The Balaban J connectivity index is 1.30. The van der Waals surface area contributed by atoms with Gasteiger partial charge >= 0.3 is 12.1 Å². The van der Waals surface area contributed by atoms with Gasteiger partial charge in [0, 0.05) is 31.1 Å². The highest BCUT2D eigenvalue weighted by Gasteiger charge is 2.45. The molecule has 2 aromatic rings. The summed E-state index contributed by atoms with van der Waals surface area (Å²) >= 11 is 0. The Morgan fingerprint density at radius 3 is 2.24 bits per heavy atom. The Kier molecular flexibility index (Phi) is 6.46. The van der Waals surface area contributed by atoms with Crippen molar-refractivity contribution in [3.8, 4) is 11.1 Å². The van der Waals surface area contributed by atoms with Gasteiger partial charge in [-0.05, 0) is 34.6 Å². The molecule has 1 aliphatic carbocycles. The molecule has 2 aromatic carbocycles. The molecule has 1 unspecified atom stereocenters. The number of benzene rings is 2. The van der Waals surface area contributed by atoms with Gasteiger partial charge in [-0.1, -0.05) is 68.5 Å². The molecule has 0 radical (unpaired) electrons. The summed E-state index contributed by atoms with van der Waals surface area (Å²) in [4.78, 5) is 38.1. The Morgan fingerprint density at radius 1 is 1.09 bits per heavy atom. The number of nitrogens with one attached hydrogen (secondary N) is 1. The zero-order valence-electron chi connectivity index (χ0n) is 19.7. The summed E-state index contributed by atoms with van der Waals surface area (Å²) in [7, 11) is 0. The lowest BCUT2D eigenvalue weighted by atomic mass is 9.82. The third-order valence-corrected chi connectivity index (χ3v) is 6.87. The highest BCUT2D eigenvalue weighted by Crippen LogP contribution is 2.44. The third-order valence-electron chi connectivity index (χ3n) is 6.87. The van der Waals surface area contributed by atoms with Crippen molar-refractivity contribution in [2.45, 2.75) is 26.7 Å². The van der Waals surface area contributed by atoms with Gasteiger partial charge in [-0.2, -0.15) is 0 Å². The van der Waals surface area contributed by atoms with Crippen molar-refractivity contribution < 1.29 is 24.2 Å². The van der Waals surface area contributed by atoms with Gasteiger partial charge in [0.15, 0.2) is 0 Å². The van der Waals surface area contributed by atoms with Gasteiger partial charge in [0.05, 0.1) is 5.92 Å². The van der Waals surface area contributed by atoms with Crippen LogP contribution in [0.25, 0.3) is 11.1 Å². The number of nitrogens with zero attached hydrogens (tertiary/aromatic N) is 1. The molecule has 178 valence electrons. The molecule has 0 bridgehead atoms. The maximum atomic E-state index is 12.7. The number of carbonyl (C=O) groups excluding carboxylic acids is 2. The summed E-state index contributed by atoms with van der Waals surface area (Å²) in [5.74, 6) is -1.72. The Labute approximate surface area is 199 Å². The van der Waals surface area contributed by atoms with Crippen LogP contribution in [0.1, 0.15) is 37.8 Å². The van der Waals surface area contributed by atoms with Crippen molar-refractivity contribution in [3.63, 3.8) is 0 Å². The summed E-state index contributed by atoms with van der Waals surface area (Å²) in [6.45, 7) is 6.32. The first-order valence-corrected chi connectivity index (χ1v) is 11.5. The predicted molar refractivity (Wildman–Crippen MR) is 128 cm³/mol. The first kappa shape index (κ1) is 23.5. The number of carboxylic acids is 1. The van der Waals surface area contributed by atoms with Crippen LogP contribution >= 0.6 is 0 Å².